The number of hydrogen-bond donors (Lipinski definition) is 4. The number of furan rings is 1. The Bertz CT molecular complexity index is 3060. The van der Waals surface area contributed by atoms with E-state index < -0.39 is 5.54 Å². The first-order valence-corrected chi connectivity index (χ1v) is 30.9. The fraction of sp³-hybridized carbons (Fsp3) is 0.562. The van der Waals surface area contributed by atoms with Crippen LogP contribution < -0.4 is 31.7 Å². The topological polar surface area (TPSA) is 202 Å². The van der Waals surface area contributed by atoms with E-state index in [0.29, 0.717) is 49.0 Å². The largest absolute Gasteiger partial charge is 0.467 e. The SMILES string of the molecule is C=C1N=C(Nc2ccc(Br)cc2)C(C)(CC)N1c1c(C)n(C)n(-c2ccccc2)c1=O.CC(C)CC1C(=NC(C)(C)C)NC(=O)N1CCN1C(=O)NC(=NC(C)(C)C)C1CC(C)C.CCC1C(=NC2CCCCC2)NC(=O)N1Cc1ccco1. The van der Waals surface area contributed by atoms with Crippen molar-refractivity contribution in [2.24, 2.45) is 38.9 Å². The van der Waals surface area contributed by atoms with Gasteiger partial charge in [-0.1, -0.05) is 102 Å². The molecule has 3 saturated heterocycles. The number of hydrogen-bond acceptors (Lipinski definition) is 11. The molecule has 4 aliphatic heterocycles. The number of aliphatic imine (C=N–C) groups is 4. The lowest BCUT2D eigenvalue weighted by Crippen LogP contribution is -2.51. The number of benzene rings is 2. The summed E-state index contributed by atoms with van der Waals surface area (Å²) in [4.78, 5) is 78.2. The highest BCUT2D eigenvalue weighted by molar-refractivity contribution is 9.10. The van der Waals surface area contributed by atoms with Gasteiger partial charge < -0.3 is 29.3 Å². The van der Waals surface area contributed by atoms with Crippen LogP contribution in [-0.2, 0) is 13.6 Å². The van der Waals surface area contributed by atoms with Gasteiger partial charge in [0.15, 0.2) is 0 Å². The summed E-state index contributed by atoms with van der Waals surface area (Å²) in [6.45, 7) is 34.6. The number of carbonyl (C=O) groups is 3. The van der Waals surface area contributed by atoms with E-state index in [4.69, 9.17) is 24.4 Å². The lowest BCUT2D eigenvalue weighted by atomic mass is 9.95. The molecule has 4 aromatic rings. The summed E-state index contributed by atoms with van der Waals surface area (Å²) < 4.78 is 9.95. The minimum Gasteiger partial charge on any atom is -0.467 e. The number of halogens is 1. The molecule has 0 bridgehead atoms. The number of rotatable bonds is 15. The van der Waals surface area contributed by atoms with Crippen molar-refractivity contribution in [3.8, 4) is 5.69 Å². The molecule has 6 heterocycles. The second-order valence-corrected chi connectivity index (χ2v) is 26.5. The number of nitrogens with zero attached hydrogens (tertiary/aromatic N) is 10. The van der Waals surface area contributed by atoms with E-state index in [1.807, 2.05) is 147 Å². The molecule has 4 atom stereocenters. The highest BCUT2D eigenvalue weighted by atomic mass is 79.9. The second-order valence-electron chi connectivity index (χ2n) is 25.6. The lowest BCUT2D eigenvalue weighted by Gasteiger charge is -2.36. The third-order valence-electron chi connectivity index (χ3n) is 15.7. The van der Waals surface area contributed by atoms with E-state index in [1.54, 1.807) is 10.9 Å². The summed E-state index contributed by atoms with van der Waals surface area (Å²) in [6.07, 6.45) is 11.0. The van der Waals surface area contributed by atoms with Crippen LogP contribution in [0.15, 0.2) is 119 Å². The van der Waals surface area contributed by atoms with Crippen molar-refractivity contribution < 1.29 is 18.8 Å². The molecule has 0 spiro atoms. The van der Waals surface area contributed by atoms with Crippen LogP contribution in [0.4, 0.5) is 25.8 Å². The monoisotopic (exact) mass is 1220 g/mol. The van der Waals surface area contributed by atoms with Gasteiger partial charge in [-0.2, -0.15) is 0 Å². The van der Waals surface area contributed by atoms with Crippen molar-refractivity contribution >= 4 is 68.7 Å². The molecule has 2 aromatic heterocycles. The van der Waals surface area contributed by atoms with Gasteiger partial charge in [0.2, 0.25) is 0 Å². The standard InChI is InChI=1S/C24H26BrN5O.C24H44N6O2.C16H23N3O2/c1-6-24(4)23(27-19-14-12-18(25)13-15-19)26-17(3)29(24)21-16(2)28(5)30(22(21)31)20-10-8-7-9-11-20;1-15(2)13-17-19(27-23(5,6)7)25-21(31)29(17)11-12-30-18(14-16(3)4)20(26-22(30)32)28-24(8,9)10;1-2-14-15(17-12-7-4-3-5-8-12)18-16(20)19(14)11-13-9-6-10-21-13/h7-15H,3,6H2,1-2,4-5H3,(H,26,27);15-18H,11-14H2,1-10H3,(H,25,27,31)(H,26,28,32);6,9-10,12,14H,2-5,7-8,11H2,1H3,(H,17,18,20). The molecular formula is C64H93BrN14O5. The van der Waals surface area contributed by atoms with Gasteiger partial charge in [-0.05, 0) is 154 Å². The first kappa shape index (κ1) is 64.6. The zero-order valence-corrected chi connectivity index (χ0v) is 54.1. The Balaban J connectivity index is 0.000000185. The molecule has 2 aromatic carbocycles. The van der Waals surface area contributed by atoms with Crippen molar-refractivity contribution in [1.29, 1.82) is 0 Å². The molecule has 84 heavy (non-hydrogen) atoms. The summed E-state index contributed by atoms with van der Waals surface area (Å²) in [5.41, 5.74) is 2.03. The van der Waals surface area contributed by atoms with Gasteiger partial charge in [0, 0.05) is 30.3 Å². The number of urea groups is 3. The van der Waals surface area contributed by atoms with Crippen molar-refractivity contribution in [2.45, 2.75) is 202 Å². The number of nitrogens with one attached hydrogen (secondary N) is 4. The first-order valence-electron chi connectivity index (χ1n) is 30.1. The van der Waals surface area contributed by atoms with Crippen LogP contribution in [0.5, 0.6) is 0 Å². The van der Waals surface area contributed by atoms with Crippen molar-refractivity contribution in [3.63, 3.8) is 0 Å². The van der Waals surface area contributed by atoms with Crippen molar-refractivity contribution in [1.82, 2.24) is 40.0 Å². The zero-order valence-electron chi connectivity index (χ0n) is 52.5. The van der Waals surface area contributed by atoms with Crippen LogP contribution in [0.25, 0.3) is 5.69 Å². The molecule has 6 amide bonds. The average molecular weight is 1220 g/mol. The Morgan fingerprint density at radius 3 is 1.77 bits per heavy atom. The summed E-state index contributed by atoms with van der Waals surface area (Å²) in [5, 5.41) is 12.4. The van der Waals surface area contributed by atoms with Crippen molar-refractivity contribution in [3.05, 3.63) is 112 Å². The number of amides is 6. The molecule has 4 unspecified atom stereocenters. The van der Waals surface area contributed by atoms with Crippen LogP contribution in [0.2, 0.25) is 0 Å². The van der Waals surface area contributed by atoms with E-state index in [9.17, 15) is 19.2 Å². The van der Waals surface area contributed by atoms with Gasteiger partial charge in [0.05, 0.1) is 59.4 Å². The van der Waals surface area contributed by atoms with Gasteiger partial charge >= 0.3 is 18.1 Å². The Kier molecular flexibility index (Phi) is 21.1. The molecule has 19 nitrogen and oxygen atoms in total. The molecule has 456 valence electrons. The smallest absolute Gasteiger partial charge is 0.323 e. The zero-order chi connectivity index (χ0) is 61.4. The molecule has 1 aliphatic carbocycles. The second kappa shape index (κ2) is 27.4. The van der Waals surface area contributed by atoms with Gasteiger partial charge in [0.1, 0.15) is 46.2 Å². The van der Waals surface area contributed by atoms with E-state index in [-0.39, 0.29) is 52.9 Å². The van der Waals surface area contributed by atoms with Crippen LogP contribution in [0.1, 0.15) is 159 Å². The number of carbonyl (C=O) groups excluding carboxylic acids is 3. The minimum absolute atomic E-state index is 0.0459. The van der Waals surface area contributed by atoms with Crippen LogP contribution in [0.3, 0.4) is 0 Å². The Morgan fingerprint density at radius 2 is 1.29 bits per heavy atom. The molecule has 20 heteroatoms. The van der Waals surface area contributed by atoms with Crippen molar-refractivity contribution in [2.75, 3.05) is 23.3 Å². The maximum atomic E-state index is 13.6. The van der Waals surface area contributed by atoms with Gasteiger partial charge in [-0.25, -0.2) is 24.1 Å². The third-order valence-corrected chi connectivity index (χ3v) is 16.2. The molecule has 4 N–H and O–H groups in total. The molecule has 1 saturated carbocycles. The Morgan fingerprint density at radius 1 is 0.750 bits per heavy atom. The van der Waals surface area contributed by atoms with Gasteiger partial charge in [-0.15, -0.1) is 0 Å². The maximum absolute atomic E-state index is 13.6. The maximum Gasteiger partial charge on any atom is 0.323 e. The van der Waals surface area contributed by atoms with E-state index in [2.05, 4.69) is 92.2 Å². The van der Waals surface area contributed by atoms with Crippen LogP contribution >= 0.6 is 15.9 Å². The van der Waals surface area contributed by atoms with E-state index >= 15 is 0 Å². The Labute approximate surface area is 506 Å². The fourth-order valence-corrected chi connectivity index (χ4v) is 11.7. The van der Waals surface area contributed by atoms with Crippen LogP contribution in [-0.4, -0.2) is 119 Å². The normalized spacial score (nSPS) is 22.7. The first-order chi connectivity index (χ1) is 39.6. The number of aromatic nitrogens is 2. The number of amidine groups is 4. The summed E-state index contributed by atoms with van der Waals surface area (Å²) in [6, 6.07) is 21.2. The number of para-hydroxylation sites is 1. The van der Waals surface area contributed by atoms with E-state index in [1.165, 1.54) is 19.3 Å². The van der Waals surface area contributed by atoms with E-state index in [0.717, 1.165) is 89.2 Å². The third kappa shape index (κ3) is 15.7. The summed E-state index contributed by atoms with van der Waals surface area (Å²) in [5.74, 6) is 5.27. The van der Waals surface area contributed by atoms with Crippen LogP contribution in [0, 0.1) is 18.8 Å². The summed E-state index contributed by atoms with van der Waals surface area (Å²) >= 11 is 3.47. The highest BCUT2D eigenvalue weighted by Crippen LogP contribution is 2.38. The van der Waals surface area contributed by atoms with Gasteiger partial charge in [-0.3, -0.25) is 40.4 Å². The molecule has 0 radical (unpaired) electrons. The summed E-state index contributed by atoms with van der Waals surface area (Å²) in [7, 11) is 1.90. The average Bonchev–Trinajstić information content (AvgIpc) is 2.39. The predicted molar refractivity (Wildman–Crippen MR) is 344 cm³/mol. The number of anilines is 2. The molecule has 5 aliphatic rings. The Hall–Kier alpha value is -6.96. The molecule has 9 rings (SSSR count). The highest BCUT2D eigenvalue weighted by Gasteiger charge is 2.46. The quantitative estimate of drug-likeness (QED) is 0.0906. The predicted octanol–water partition coefficient (Wildman–Crippen LogP) is 12.8. The lowest BCUT2D eigenvalue weighted by molar-refractivity contribution is 0.173. The van der Waals surface area contributed by atoms with Gasteiger partial charge in [0.25, 0.3) is 5.56 Å². The molecular weight excluding hydrogens is 1120 g/mol. The minimum atomic E-state index is -0.538. The molecule has 4 fully saturated rings. The fourth-order valence-electron chi connectivity index (χ4n) is 11.4.